The molecule has 2 aromatic carbocycles. The topological polar surface area (TPSA) is 42.4 Å². The van der Waals surface area contributed by atoms with Crippen molar-refractivity contribution in [1.82, 2.24) is 4.98 Å². The van der Waals surface area contributed by atoms with Crippen molar-refractivity contribution < 1.29 is 13.9 Å². The van der Waals surface area contributed by atoms with Crippen LogP contribution in [0.3, 0.4) is 0 Å². The smallest absolute Gasteiger partial charge is 0.263 e. The van der Waals surface area contributed by atoms with Gasteiger partial charge in [-0.25, -0.2) is 9.37 Å². The quantitative estimate of drug-likeness (QED) is 0.620. The lowest BCUT2D eigenvalue weighted by Gasteiger charge is -2.29. The molecule has 136 valence electrons. The molecule has 0 saturated carbocycles. The summed E-state index contributed by atoms with van der Waals surface area (Å²) in [4.78, 5) is 18.8. The number of carbonyl (C=O) groups excluding carboxylic acids is 1. The van der Waals surface area contributed by atoms with Crippen LogP contribution < -0.4 is 9.64 Å². The van der Waals surface area contributed by atoms with E-state index in [9.17, 15) is 9.18 Å². The molecule has 1 amide bonds. The van der Waals surface area contributed by atoms with Gasteiger partial charge in [-0.15, -0.1) is 0 Å². The Bertz CT molecular complexity index is 1010. The van der Waals surface area contributed by atoms with Crippen molar-refractivity contribution in [2.24, 2.45) is 0 Å². The number of rotatable bonds is 3. The van der Waals surface area contributed by atoms with Gasteiger partial charge in [0, 0.05) is 17.3 Å². The van der Waals surface area contributed by atoms with E-state index in [2.05, 4.69) is 4.98 Å². The Kier molecular flexibility index (Phi) is 4.77. The van der Waals surface area contributed by atoms with E-state index in [1.54, 1.807) is 29.2 Å². The number of nitrogens with zero attached hydrogens (tertiary/aromatic N) is 2. The second-order valence-corrected chi connectivity index (χ2v) is 6.69. The molecule has 2 heterocycles. The zero-order chi connectivity index (χ0) is 18.8. The Balaban J connectivity index is 1.71. The normalized spacial score (nSPS) is 13.2. The first-order valence-electron chi connectivity index (χ1n) is 8.60. The van der Waals surface area contributed by atoms with Crippen molar-refractivity contribution in [3.8, 4) is 11.6 Å². The van der Waals surface area contributed by atoms with Crippen LogP contribution in [0.1, 0.15) is 22.3 Å². The number of aryl methyl sites for hydroxylation is 1. The van der Waals surface area contributed by atoms with Gasteiger partial charge in [-0.1, -0.05) is 35.9 Å². The van der Waals surface area contributed by atoms with Gasteiger partial charge in [-0.3, -0.25) is 4.79 Å². The van der Waals surface area contributed by atoms with Gasteiger partial charge in [-0.2, -0.15) is 0 Å². The highest BCUT2D eigenvalue weighted by molar-refractivity contribution is 6.30. The summed E-state index contributed by atoms with van der Waals surface area (Å²) in [5, 5.41) is 0.493. The Morgan fingerprint density at radius 1 is 1.15 bits per heavy atom. The fraction of sp³-hybridized carbons (Fsp3) is 0.143. The Labute approximate surface area is 161 Å². The summed E-state index contributed by atoms with van der Waals surface area (Å²) in [5.41, 5.74) is 2.01. The number of hydrogen-bond acceptors (Lipinski definition) is 3. The molecule has 0 N–H and O–H groups in total. The molecule has 1 aliphatic rings. The summed E-state index contributed by atoms with van der Waals surface area (Å²) >= 11 is 5.98. The van der Waals surface area contributed by atoms with E-state index in [1.165, 1.54) is 0 Å². The van der Waals surface area contributed by atoms with E-state index >= 15 is 0 Å². The second-order valence-electron chi connectivity index (χ2n) is 6.25. The summed E-state index contributed by atoms with van der Waals surface area (Å²) < 4.78 is 19.6. The second kappa shape index (κ2) is 7.37. The van der Waals surface area contributed by atoms with Gasteiger partial charge in [0.05, 0.1) is 6.20 Å². The minimum atomic E-state index is -0.595. The van der Waals surface area contributed by atoms with Crippen molar-refractivity contribution in [3.05, 3.63) is 82.8 Å². The molecule has 4 rings (SSSR count). The van der Waals surface area contributed by atoms with Crippen LogP contribution in [-0.4, -0.2) is 17.4 Å². The lowest BCUT2D eigenvalue weighted by molar-refractivity contribution is 0.0981. The van der Waals surface area contributed by atoms with E-state index < -0.39 is 5.82 Å². The molecule has 3 aromatic rings. The summed E-state index contributed by atoms with van der Waals surface area (Å²) in [6.07, 6.45) is 2.78. The van der Waals surface area contributed by atoms with Gasteiger partial charge >= 0.3 is 0 Å². The number of anilines is 1. The molecular weight excluding hydrogens is 367 g/mol. The standard InChI is InChI=1S/C21H16ClFN2O2/c22-15-7-3-8-17(11-15)27-20-18(12-16(23)13-24-20)21(26)25-10-4-6-14-5-1-2-9-19(14)25/h1-3,5,7-9,11-13H,4,6,10H2. The van der Waals surface area contributed by atoms with Gasteiger partial charge in [0.25, 0.3) is 5.91 Å². The molecule has 1 aromatic heterocycles. The number of aromatic nitrogens is 1. The summed E-state index contributed by atoms with van der Waals surface area (Å²) in [6.45, 7) is 0.558. The Morgan fingerprint density at radius 3 is 2.85 bits per heavy atom. The van der Waals surface area contributed by atoms with Crippen LogP contribution >= 0.6 is 11.6 Å². The number of amides is 1. The number of pyridine rings is 1. The van der Waals surface area contributed by atoms with Gasteiger partial charge in [0.15, 0.2) is 0 Å². The predicted molar refractivity (Wildman–Crippen MR) is 102 cm³/mol. The summed E-state index contributed by atoms with van der Waals surface area (Å²) in [6, 6.07) is 15.6. The van der Waals surface area contributed by atoms with Crippen molar-refractivity contribution in [2.45, 2.75) is 12.8 Å². The third-order valence-electron chi connectivity index (χ3n) is 4.41. The van der Waals surface area contributed by atoms with Crippen LogP contribution in [0.2, 0.25) is 5.02 Å². The lowest BCUT2D eigenvalue weighted by Crippen LogP contribution is -2.35. The van der Waals surface area contributed by atoms with E-state index in [1.807, 2.05) is 24.3 Å². The number of carbonyl (C=O) groups is 1. The van der Waals surface area contributed by atoms with E-state index in [4.69, 9.17) is 16.3 Å². The van der Waals surface area contributed by atoms with Crippen LogP contribution in [0, 0.1) is 5.82 Å². The number of benzene rings is 2. The van der Waals surface area contributed by atoms with Crippen molar-refractivity contribution in [3.63, 3.8) is 0 Å². The van der Waals surface area contributed by atoms with Crippen molar-refractivity contribution in [2.75, 3.05) is 11.4 Å². The maximum absolute atomic E-state index is 13.9. The van der Waals surface area contributed by atoms with Gasteiger partial charge in [-0.05, 0) is 48.7 Å². The third-order valence-corrected chi connectivity index (χ3v) is 4.65. The Morgan fingerprint density at radius 2 is 2.00 bits per heavy atom. The average molecular weight is 383 g/mol. The van der Waals surface area contributed by atoms with Crippen LogP contribution in [0.25, 0.3) is 0 Å². The van der Waals surface area contributed by atoms with Gasteiger partial charge in [0.1, 0.15) is 17.1 Å². The average Bonchev–Trinajstić information content (AvgIpc) is 2.68. The number of para-hydroxylation sites is 1. The molecule has 4 nitrogen and oxygen atoms in total. The molecule has 0 bridgehead atoms. The number of hydrogen-bond donors (Lipinski definition) is 0. The fourth-order valence-electron chi connectivity index (χ4n) is 3.19. The molecule has 0 aliphatic carbocycles. The van der Waals surface area contributed by atoms with E-state index in [0.717, 1.165) is 36.4 Å². The lowest BCUT2D eigenvalue weighted by atomic mass is 10.0. The predicted octanol–water partition coefficient (Wildman–Crippen LogP) is 5.26. The highest BCUT2D eigenvalue weighted by atomic mass is 35.5. The molecule has 0 radical (unpaired) electrons. The molecule has 0 spiro atoms. The minimum absolute atomic E-state index is 0.0479. The van der Waals surface area contributed by atoms with E-state index in [-0.39, 0.29) is 17.4 Å². The third kappa shape index (κ3) is 3.64. The molecule has 0 saturated heterocycles. The number of ether oxygens (including phenoxy) is 1. The zero-order valence-corrected chi connectivity index (χ0v) is 15.1. The number of halogens is 2. The largest absolute Gasteiger partial charge is 0.438 e. The molecule has 0 atom stereocenters. The maximum Gasteiger partial charge on any atom is 0.263 e. The van der Waals surface area contributed by atoms with Crippen LogP contribution in [0.5, 0.6) is 11.6 Å². The van der Waals surface area contributed by atoms with Crippen LogP contribution in [0.4, 0.5) is 10.1 Å². The van der Waals surface area contributed by atoms with Crippen molar-refractivity contribution >= 4 is 23.2 Å². The SMILES string of the molecule is O=C(c1cc(F)cnc1Oc1cccc(Cl)c1)N1CCCc2ccccc21. The van der Waals surface area contributed by atoms with Gasteiger partial charge in [0.2, 0.25) is 5.88 Å². The summed E-state index contributed by atoms with van der Waals surface area (Å²) in [7, 11) is 0. The molecule has 27 heavy (non-hydrogen) atoms. The first-order valence-corrected chi connectivity index (χ1v) is 8.98. The molecular formula is C21H16ClFN2O2. The number of fused-ring (bicyclic) bond motifs is 1. The van der Waals surface area contributed by atoms with Gasteiger partial charge < -0.3 is 9.64 Å². The highest BCUT2D eigenvalue weighted by Crippen LogP contribution is 2.31. The van der Waals surface area contributed by atoms with Crippen LogP contribution in [0.15, 0.2) is 60.8 Å². The monoisotopic (exact) mass is 382 g/mol. The molecule has 0 unspecified atom stereocenters. The first kappa shape index (κ1) is 17.5. The highest BCUT2D eigenvalue weighted by Gasteiger charge is 2.27. The molecule has 6 heteroatoms. The molecule has 0 fully saturated rings. The zero-order valence-electron chi connectivity index (χ0n) is 14.4. The fourth-order valence-corrected chi connectivity index (χ4v) is 3.37. The van der Waals surface area contributed by atoms with Crippen LogP contribution in [-0.2, 0) is 6.42 Å². The maximum atomic E-state index is 13.9. The Hall–Kier alpha value is -2.92. The van der Waals surface area contributed by atoms with Crippen molar-refractivity contribution in [1.29, 1.82) is 0 Å². The first-order chi connectivity index (χ1) is 13.1. The van der Waals surface area contributed by atoms with E-state index in [0.29, 0.717) is 17.3 Å². The molecule has 1 aliphatic heterocycles. The summed E-state index contributed by atoms with van der Waals surface area (Å²) in [5.74, 6) is -0.463. The minimum Gasteiger partial charge on any atom is -0.438 e.